The van der Waals surface area contributed by atoms with Crippen molar-refractivity contribution in [3.05, 3.63) is 35.4 Å². The minimum atomic E-state index is -0.507. The largest absolute Gasteiger partial charge is 0.307 e. The fourth-order valence-corrected chi connectivity index (χ4v) is 1.85. The summed E-state index contributed by atoms with van der Waals surface area (Å²) in [6, 6.07) is 4.21. The van der Waals surface area contributed by atoms with Gasteiger partial charge in [0.1, 0.15) is 11.6 Å². The Balaban J connectivity index is 2.06. The highest BCUT2D eigenvalue weighted by atomic mass is 19.1. The van der Waals surface area contributed by atoms with Crippen molar-refractivity contribution in [3.63, 3.8) is 0 Å². The third-order valence-corrected chi connectivity index (χ3v) is 2.98. The molecule has 2 rings (SSSR count). The molecular weight excluding hydrogens is 196 g/mol. The first kappa shape index (κ1) is 10.6. The van der Waals surface area contributed by atoms with Gasteiger partial charge in [-0.1, -0.05) is 6.42 Å². The maximum Gasteiger partial charge on any atom is 0.126 e. The van der Waals surface area contributed by atoms with E-state index in [9.17, 15) is 8.78 Å². The maximum absolute atomic E-state index is 13.0. The van der Waals surface area contributed by atoms with Gasteiger partial charge >= 0.3 is 0 Å². The highest BCUT2D eigenvalue weighted by Crippen LogP contribution is 2.23. The monoisotopic (exact) mass is 211 g/mol. The lowest BCUT2D eigenvalue weighted by Crippen LogP contribution is -2.36. The molecule has 0 aromatic heterocycles. The van der Waals surface area contributed by atoms with Crippen molar-refractivity contribution >= 4 is 0 Å². The zero-order valence-electron chi connectivity index (χ0n) is 8.76. The van der Waals surface area contributed by atoms with E-state index in [0.29, 0.717) is 11.6 Å². The third kappa shape index (κ3) is 2.53. The Morgan fingerprint density at radius 3 is 2.27 bits per heavy atom. The molecule has 1 aliphatic carbocycles. The molecule has 0 saturated heterocycles. The van der Waals surface area contributed by atoms with Gasteiger partial charge in [-0.2, -0.15) is 0 Å². The Hall–Kier alpha value is -0.960. The summed E-state index contributed by atoms with van der Waals surface area (Å²) < 4.78 is 25.9. The van der Waals surface area contributed by atoms with Crippen LogP contribution in [0.5, 0.6) is 0 Å². The molecule has 1 unspecified atom stereocenters. The van der Waals surface area contributed by atoms with E-state index >= 15 is 0 Å². The summed E-state index contributed by atoms with van der Waals surface area (Å²) in [6.45, 7) is 1.94. The Kier molecular flexibility index (Phi) is 3.00. The molecule has 0 spiro atoms. The minimum Gasteiger partial charge on any atom is -0.307 e. The van der Waals surface area contributed by atoms with Gasteiger partial charge in [-0.3, -0.25) is 0 Å². The van der Waals surface area contributed by atoms with Gasteiger partial charge in [0.2, 0.25) is 0 Å². The minimum absolute atomic E-state index is 0.0144. The van der Waals surface area contributed by atoms with Crippen LogP contribution in [0.4, 0.5) is 8.78 Å². The van der Waals surface area contributed by atoms with Crippen molar-refractivity contribution in [1.29, 1.82) is 0 Å². The first-order chi connectivity index (χ1) is 7.15. The molecule has 0 amide bonds. The van der Waals surface area contributed by atoms with Gasteiger partial charge in [-0.25, -0.2) is 8.78 Å². The predicted molar refractivity (Wildman–Crippen MR) is 55.5 cm³/mol. The first-order valence-electron chi connectivity index (χ1n) is 5.37. The van der Waals surface area contributed by atoms with Crippen molar-refractivity contribution in [2.75, 3.05) is 0 Å². The third-order valence-electron chi connectivity index (χ3n) is 2.98. The van der Waals surface area contributed by atoms with Crippen LogP contribution < -0.4 is 5.32 Å². The molecule has 0 aliphatic heterocycles. The van der Waals surface area contributed by atoms with Crippen LogP contribution in [-0.4, -0.2) is 6.04 Å². The van der Waals surface area contributed by atoms with E-state index in [1.807, 2.05) is 6.92 Å². The Bertz CT molecular complexity index is 327. The van der Waals surface area contributed by atoms with E-state index in [-0.39, 0.29) is 6.04 Å². The fourth-order valence-electron chi connectivity index (χ4n) is 1.85. The van der Waals surface area contributed by atoms with Crippen molar-refractivity contribution in [1.82, 2.24) is 5.32 Å². The van der Waals surface area contributed by atoms with Crippen LogP contribution in [0.3, 0.4) is 0 Å². The van der Waals surface area contributed by atoms with Gasteiger partial charge in [-0.05, 0) is 37.5 Å². The Morgan fingerprint density at radius 1 is 1.20 bits per heavy atom. The topological polar surface area (TPSA) is 12.0 Å². The molecule has 15 heavy (non-hydrogen) atoms. The van der Waals surface area contributed by atoms with Crippen molar-refractivity contribution in [2.45, 2.75) is 38.3 Å². The number of rotatable bonds is 3. The summed E-state index contributed by atoms with van der Waals surface area (Å²) in [6.07, 6.45) is 3.59. The van der Waals surface area contributed by atoms with Gasteiger partial charge in [-0.15, -0.1) is 0 Å². The standard InChI is InChI=1S/C12H15F2N/c1-8(15-12-3-2-4-12)9-5-10(13)7-11(14)6-9/h5-8,12,15H,2-4H2,1H3. The molecular formula is C12H15F2N. The van der Waals surface area contributed by atoms with Crippen LogP contribution in [0, 0.1) is 11.6 Å². The highest BCUT2D eigenvalue weighted by Gasteiger charge is 2.20. The molecule has 1 N–H and O–H groups in total. The lowest BCUT2D eigenvalue weighted by molar-refractivity contribution is 0.312. The molecule has 1 aromatic carbocycles. The molecule has 82 valence electrons. The fraction of sp³-hybridized carbons (Fsp3) is 0.500. The smallest absolute Gasteiger partial charge is 0.126 e. The summed E-state index contributed by atoms with van der Waals surface area (Å²) in [5.74, 6) is -1.01. The zero-order chi connectivity index (χ0) is 10.8. The molecule has 1 aliphatic rings. The normalized spacial score (nSPS) is 18.6. The molecule has 3 heteroatoms. The van der Waals surface area contributed by atoms with E-state index in [0.717, 1.165) is 6.07 Å². The number of hydrogen-bond donors (Lipinski definition) is 1. The van der Waals surface area contributed by atoms with Gasteiger partial charge in [0.05, 0.1) is 0 Å². The SMILES string of the molecule is CC(NC1CCC1)c1cc(F)cc(F)c1. The second-order valence-electron chi connectivity index (χ2n) is 4.22. The molecule has 0 bridgehead atoms. The number of hydrogen-bond acceptors (Lipinski definition) is 1. The van der Waals surface area contributed by atoms with Crippen LogP contribution in [0.25, 0.3) is 0 Å². The molecule has 0 heterocycles. The van der Waals surface area contributed by atoms with Crippen molar-refractivity contribution < 1.29 is 8.78 Å². The molecule has 1 fully saturated rings. The summed E-state index contributed by atoms with van der Waals surface area (Å²) in [5, 5.41) is 3.35. The zero-order valence-corrected chi connectivity index (χ0v) is 8.76. The average molecular weight is 211 g/mol. The van der Waals surface area contributed by atoms with Gasteiger partial charge in [0.15, 0.2) is 0 Å². The molecule has 1 atom stereocenters. The quantitative estimate of drug-likeness (QED) is 0.809. The van der Waals surface area contributed by atoms with Gasteiger partial charge in [0, 0.05) is 18.2 Å². The Morgan fingerprint density at radius 2 is 1.80 bits per heavy atom. The first-order valence-corrected chi connectivity index (χ1v) is 5.37. The maximum atomic E-state index is 13.0. The second-order valence-corrected chi connectivity index (χ2v) is 4.22. The Labute approximate surface area is 88.5 Å². The summed E-state index contributed by atoms with van der Waals surface area (Å²) in [5.41, 5.74) is 0.680. The van der Waals surface area contributed by atoms with Crippen LogP contribution in [0.1, 0.15) is 37.8 Å². The number of halogens is 2. The van der Waals surface area contributed by atoms with Gasteiger partial charge in [0.25, 0.3) is 0 Å². The highest BCUT2D eigenvalue weighted by molar-refractivity contribution is 5.21. The summed E-state index contributed by atoms with van der Waals surface area (Å²) in [4.78, 5) is 0. The molecule has 1 nitrogen and oxygen atoms in total. The van der Waals surface area contributed by atoms with E-state index < -0.39 is 11.6 Å². The van der Waals surface area contributed by atoms with E-state index in [2.05, 4.69) is 5.32 Å². The average Bonchev–Trinajstić information content (AvgIpc) is 2.09. The van der Waals surface area contributed by atoms with Crippen LogP contribution in [-0.2, 0) is 0 Å². The summed E-state index contributed by atoms with van der Waals surface area (Å²) in [7, 11) is 0. The van der Waals surface area contributed by atoms with E-state index in [1.165, 1.54) is 31.4 Å². The number of nitrogens with one attached hydrogen (secondary N) is 1. The van der Waals surface area contributed by atoms with E-state index in [1.54, 1.807) is 0 Å². The molecule has 0 radical (unpaired) electrons. The summed E-state index contributed by atoms with van der Waals surface area (Å²) >= 11 is 0. The van der Waals surface area contributed by atoms with Crippen LogP contribution >= 0.6 is 0 Å². The lowest BCUT2D eigenvalue weighted by Gasteiger charge is -2.30. The van der Waals surface area contributed by atoms with Crippen LogP contribution in [0.2, 0.25) is 0 Å². The second kappa shape index (κ2) is 4.27. The van der Waals surface area contributed by atoms with Crippen molar-refractivity contribution in [2.24, 2.45) is 0 Å². The molecule has 1 saturated carbocycles. The van der Waals surface area contributed by atoms with E-state index in [4.69, 9.17) is 0 Å². The van der Waals surface area contributed by atoms with Crippen LogP contribution in [0.15, 0.2) is 18.2 Å². The number of benzene rings is 1. The lowest BCUT2D eigenvalue weighted by atomic mass is 9.92. The van der Waals surface area contributed by atoms with Crippen molar-refractivity contribution in [3.8, 4) is 0 Å². The predicted octanol–water partition coefficient (Wildman–Crippen LogP) is 3.17. The molecule has 1 aromatic rings. The van der Waals surface area contributed by atoms with Gasteiger partial charge < -0.3 is 5.32 Å².